The monoisotopic (exact) mass is 482 g/mol. The summed E-state index contributed by atoms with van der Waals surface area (Å²) in [6.45, 7) is 1.26. The van der Waals surface area contributed by atoms with Crippen molar-refractivity contribution in [2.24, 2.45) is 0 Å². The minimum Gasteiger partial charge on any atom is -0.486 e. The Morgan fingerprint density at radius 2 is 2.15 bits per heavy atom. The number of hydroxylamine groups is 1. The molecule has 11 heteroatoms. The molecule has 0 saturated carbocycles. The van der Waals surface area contributed by atoms with Gasteiger partial charge in [-0.2, -0.15) is 15.3 Å². The van der Waals surface area contributed by atoms with Crippen molar-refractivity contribution < 1.29 is 18.7 Å². The molecule has 0 fully saturated rings. The van der Waals surface area contributed by atoms with Crippen LogP contribution in [0.25, 0.3) is 5.70 Å². The Hall–Kier alpha value is -1.94. The lowest BCUT2D eigenvalue weighted by molar-refractivity contribution is 0.214. The second-order valence-corrected chi connectivity index (χ2v) is 6.85. The van der Waals surface area contributed by atoms with Crippen molar-refractivity contribution in [3.05, 3.63) is 72.7 Å². The maximum atomic E-state index is 13.7. The first kappa shape index (κ1) is 21.4. The number of aromatic nitrogens is 2. The van der Waals surface area contributed by atoms with E-state index >= 15 is 0 Å². The average molecular weight is 484 g/mol. The number of benzene rings is 1. The average Bonchev–Trinajstić information content (AvgIpc) is 2.59. The zero-order valence-electron chi connectivity index (χ0n) is 13.7. The zero-order valence-corrected chi connectivity index (χ0v) is 16.8. The maximum Gasteiger partial charge on any atom is 0.289 e. The van der Waals surface area contributed by atoms with Crippen molar-refractivity contribution in [1.29, 1.82) is 0 Å². The van der Waals surface area contributed by atoms with Crippen molar-refractivity contribution in [2.75, 3.05) is 0 Å². The van der Waals surface area contributed by atoms with Gasteiger partial charge in [0.1, 0.15) is 28.4 Å². The van der Waals surface area contributed by atoms with Gasteiger partial charge in [0, 0.05) is 16.7 Å². The highest BCUT2D eigenvalue weighted by Crippen LogP contribution is 2.27. The SMILES string of the molecule is C/C(Cl)=C(\C(Cl)=C/N[OH2+])n1ncc(OCc2ccc(F)cc2F)c(Br)c1=O. The van der Waals surface area contributed by atoms with Crippen LogP contribution in [0.5, 0.6) is 5.75 Å². The smallest absolute Gasteiger partial charge is 0.289 e. The molecule has 0 saturated heterocycles. The number of halogens is 5. The van der Waals surface area contributed by atoms with Crippen LogP contribution in [0, 0.1) is 11.6 Å². The molecule has 1 aromatic carbocycles. The summed E-state index contributed by atoms with van der Waals surface area (Å²) in [6, 6.07) is 3.07. The topological polar surface area (TPSA) is 79.1 Å². The molecule has 1 heterocycles. The molecule has 3 N–H and O–H groups in total. The first-order chi connectivity index (χ1) is 12.8. The molecule has 27 heavy (non-hydrogen) atoms. The van der Waals surface area contributed by atoms with Crippen LogP contribution in [0.3, 0.4) is 0 Å². The third-order valence-electron chi connectivity index (χ3n) is 3.25. The Morgan fingerprint density at radius 3 is 2.74 bits per heavy atom. The number of hydrogen-bond donors (Lipinski definition) is 1. The number of rotatable bonds is 6. The Labute approximate surface area is 170 Å². The first-order valence-corrected chi connectivity index (χ1v) is 8.80. The molecule has 1 aromatic heterocycles. The van der Waals surface area contributed by atoms with Crippen molar-refractivity contribution in [1.82, 2.24) is 15.3 Å². The van der Waals surface area contributed by atoms with E-state index in [0.29, 0.717) is 0 Å². The highest BCUT2D eigenvalue weighted by molar-refractivity contribution is 9.10. The van der Waals surface area contributed by atoms with Gasteiger partial charge in [0.25, 0.3) is 5.56 Å². The van der Waals surface area contributed by atoms with Gasteiger partial charge >= 0.3 is 0 Å². The molecule has 0 aliphatic heterocycles. The number of hydrogen-bond acceptors (Lipinski definition) is 4. The van der Waals surface area contributed by atoms with Crippen LogP contribution < -0.4 is 15.8 Å². The molecular weight excluding hydrogens is 471 g/mol. The Bertz CT molecular complexity index is 976. The van der Waals surface area contributed by atoms with Crippen molar-refractivity contribution in [2.45, 2.75) is 13.5 Å². The Morgan fingerprint density at radius 1 is 1.44 bits per heavy atom. The highest BCUT2D eigenvalue weighted by atomic mass is 79.9. The van der Waals surface area contributed by atoms with Gasteiger partial charge in [0.2, 0.25) is 0 Å². The van der Waals surface area contributed by atoms with E-state index in [1.54, 1.807) is 0 Å². The van der Waals surface area contributed by atoms with E-state index in [1.165, 1.54) is 19.2 Å². The predicted octanol–water partition coefficient (Wildman–Crippen LogP) is 3.60. The first-order valence-electron chi connectivity index (χ1n) is 7.25. The van der Waals surface area contributed by atoms with Gasteiger partial charge < -0.3 is 9.94 Å². The van der Waals surface area contributed by atoms with Crippen LogP contribution in [0.4, 0.5) is 8.78 Å². The molecule has 0 spiro atoms. The van der Waals surface area contributed by atoms with E-state index in [0.717, 1.165) is 23.0 Å². The van der Waals surface area contributed by atoms with Gasteiger partial charge in [-0.05, 0) is 35.0 Å². The quantitative estimate of drug-likeness (QED) is 0.387. The van der Waals surface area contributed by atoms with E-state index < -0.39 is 17.2 Å². The summed E-state index contributed by atoms with van der Waals surface area (Å²) in [5, 5.41) is 11.1. The van der Waals surface area contributed by atoms with Gasteiger partial charge in [-0.25, -0.2) is 8.78 Å². The van der Waals surface area contributed by atoms with Gasteiger partial charge in [-0.1, -0.05) is 23.2 Å². The van der Waals surface area contributed by atoms with Crippen LogP contribution in [0.2, 0.25) is 0 Å². The molecule has 0 bridgehead atoms. The van der Waals surface area contributed by atoms with Crippen LogP contribution in [-0.4, -0.2) is 15.0 Å². The summed E-state index contributed by atoms with van der Waals surface area (Å²) in [5.74, 6) is -1.43. The van der Waals surface area contributed by atoms with E-state index in [-0.39, 0.29) is 38.2 Å². The minimum atomic E-state index is -0.768. The number of allylic oxidation sites excluding steroid dienone is 3. The Balaban J connectivity index is 2.35. The highest BCUT2D eigenvalue weighted by Gasteiger charge is 2.17. The fourth-order valence-electron chi connectivity index (χ4n) is 2.02. The molecule has 0 amide bonds. The van der Waals surface area contributed by atoms with E-state index in [1.807, 2.05) is 5.48 Å². The van der Waals surface area contributed by atoms with Crippen molar-refractivity contribution >= 4 is 44.8 Å². The summed E-state index contributed by atoms with van der Waals surface area (Å²) in [6.07, 6.45) is 2.33. The van der Waals surface area contributed by atoms with Gasteiger partial charge in [0.05, 0.1) is 17.4 Å². The van der Waals surface area contributed by atoms with Crippen molar-refractivity contribution in [3.63, 3.8) is 0 Å². The maximum absolute atomic E-state index is 13.7. The molecule has 2 rings (SSSR count). The zero-order chi connectivity index (χ0) is 20.1. The molecule has 0 radical (unpaired) electrons. The van der Waals surface area contributed by atoms with E-state index in [4.69, 9.17) is 33.1 Å². The predicted molar refractivity (Wildman–Crippen MR) is 102 cm³/mol. The van der Waals surface area contributed by atoms with Gasteiger partial charge in [-0.15, -0.1) is 0 Å². The Kier molecular flexibility index (Phi) is 7.37. The fraction of sp³-hybridized carbons (Fsp3) is 0.125. The molecule has 144 valence electrons. The molecule has 6 nitrogen and oxygen atoms in total. The third-order valence-corrected chi connectivity index (χ3v) is 4.45. The molecular formula is C16H13BrCl2F2N3O3+. The molecule has 2 aromatic rings. The normalized spacial score (nSPS) is 12.6. The largest absolute Gasteiger partial charge is 0.486 e. The molecule has 0 aliphatic rings. The lowest BCUT2D eigenvalue weighted by Crippen LogP contribution is -2.24. The lowest BCUT2D eigenvalue weighted by Gasteiger charge is -2.13. The lowest BCUT2D eigenvalue weighted by atomic mass is 10.2. The standard InChI is InChI=1S/C16H12BrCl2F2N3O3/c1-8(18)15(11(19)5-23-26)24-16(25)14(17)13(6-22-24)27-7-9-2-3-10(20)4-12(9)21/h2-6,23,26H,7H2,1H3/p+1/b11-5+,15-8-. The summed E-state index contributed by atoms with van der Waals surface area (Å²) >= 11 is 15.1. The molecule has 0 unspecified atom stereocenters. The van der Waals surface area contributed by atoms with Crippen LogP contribution in [0.15, 0.2) is 49.9 Å². The van der Waals surface area contributed by atoms with E-state index in [2.05, 4.69) is 21.0 Å². The number of ether oxygens (including phenoxy) is 1. The summed E-state index contributed by atoms with van der Waals surface area (Å²) in [4.78, 5) is 12.6. The third kappa shape index (κ3) is 5.07. The summed E-state index contributed by atoms with van der Waals surface area (Å²) < 4.78 is 32.9. The molecule has 0 atom stereocenters. The number of nitrogens with one attached hydrogen (secondary N) is 1. The van der Waals surface area contributed by atoms with Crippen LogP contribution in [-0.2, 0) is 6.61 Å². The summed E-state index contributed by atoms with van der Waals surface area (Å²) in [5.41, 5.74) is 1.52. The minimum absolute atomic E-state index is 0.00117. The van der Waals surface area contributed by atoms with Crippen LogP contribution >= 0.6 is 39.1 Å². The fourth-order valence-corrected chi connectivity index (χ4v) is 2.91. The second kappa shape index (κ2) is 9.32. The summed E-state index contributed by atoms with van der Waals surface area (Å²) in [7, 11) is 0. The van der Waals surface area contributed by atoms with Crippen LogP contribution in [0.1, 0.15) is 12.5 Å². The van der Waals surface area contributed by atoms with Gasteiger partial charge in [-0.3, -0.25) is 4.79 Å². The second-order valence-electron chi connectivity index (χ2n) is 5.08. The number of nitrogens with zero attached hydrogens (tertiary/aromatic N) is 2. The molecule has 0 aliphatic carbocycles. The van der Waals surface area contributed by atoms with E-state index in [9.17, 15) is 13.6 Å². The van der Waals surface area contributed by atoms with Gasteiger partial charge in [0.15, 0.2) is 5.75 Å². The van der Waals surface area contributed by atoms with Crippen molar-refractivity contribution in [3.8, 4) is 5.75 Å².